The second kappa shape index (κ2) is 5.85. The van der Waals surface area contributed by atoms with Crippen LogP contribution in [0.3, 0.4) is 0 Å². The molecule has 0 heterocycles. The maximum absolute atomic E-state index is 11.8. The van der Waals surface area contributed by atoms with Gasteiger partial charge in [0.2, 0.25) is 5.91 Å². The van der Waals surface area contributed by atoms with E-state index >= 15 is 0 Å². The lowest BCUT2D eigenvalue weighted by molar-refractivity contribution is -0.122. The number of nitrogens with one attached hydrogen (secondary N) is 1. The molecule has 100 valence electrons. The highest BCUT2D eigenvalue weighted by Gasteiger charge is 2.29. The van der Waals surface area contributed by atoms with Gasteiger partial charge in [-0.15, -0.1) is 0 Å². The van der Waals surface area contributed by atoms with E-state index in [2.05, 4.69) is 33.0 Å². The van der Waals surface area contributed by atoms with Gasteiger partial charge >= 0.3 is 0 Å². The van der Waals surface area contributed by atoms with Crippen LogP contribution >= 0.6 is 0 Å². The third-order valence-electron chi connectivity index (χ3n) is 3.85. The third kappa shape index (κ3) is 5.07. The fourth-order valence-electron chi connectivity index (χ4n) is 2.56. The van der Waals surface area contributed by atoms with Gasteiger partial charge in [-0.1, -0.05) is 34.1 Å². The highest BCUT2D eigenvalue weighted by atomic mass is 16.1. The zero-order valence-corrected chi connectivity index (χ0v) is 11.8. The Morgan fingerprint density at radius 1 is 1.47 bits per heavy atom. The van der Waals surface area contributed by atoms with E-state index < -0.39 is 0 Å². The summed E-state index contributed by atoms with van der Waals surface area (Å²) in [5.41, 5.74) is 6.29. The zero-order valence-electron chi connectivity index (χ0n) is 11.8. The number of carbonyl (C=O) groups excluding carboxylic acids is 1. The molecule has 17 heavy (non-hydrogen) atoms. The Labute approximate surface area is 106 Å². The van der Waals surface area contributed by atoms with Crippen molar-refractivity contribution in [2.75, 3.05) is 0 Å². The van der Waals surface area contributed by atoms with Crippen LogP contribution in [-0.2, 0) is 4.79 Å². The molecule has 0 radical (unpaired) electrons. The Balaban J connectivity index is 2.36. The SMILES string of the molecule is CC(C)C(N)CC(=O)NC1CCCC(C)(C)C1. The van der Waals surface area contributed by atoms with Gasteiger partial charge < -0.3 is 11.1 Å². The first kappa shape index (κ1) is 14.5. The van der Waals surface area contributed by atoms with Crippen molar-refractivity contribution in [2.45, 2.75) is 71.9 Å². The van der Waals surface area contributed by atoms with Crippen molar-refractivity contribution < 1.29 is 4.79 Å². The van der Waals surface area contributed by atoms with Gasteiger partial charge in [0.15, 0.2) is 0 Å². The van der Waals surface area contributed by atoms with Gasteiger partial charge in [0, 0.05) is 18.5 Å². The van der Waals surface area contributed by atoms with Crippen molar-refractivity contribution in [2.24, 2.45) is 17.1 Å². The quantitative estimate of drug-likeness (QED) is 0.793. The molecule has 0 aromatic rings. The second-order valence-electron chi connectivity index (χ2n) is 6.64. The van der Waals surface area contributed by atoms with Crippen molar-refractivity contribution in [3.63, 3.8) is 0 Å². The normalized spacial score (nSPS) is 25.6. The summed E-state index contributed by atoms with van der Waals surface area (Å²) >= 11 is 0. The van der Waals surface area contributed by atoms with Crippen LogP contribution in [0.15, 0.2) is 0 Å². The molecular weight excluding hydrogens is 212 g/mol. The van der Waals surface area contributed by atoms with Crippen LogP contribution in [0.4, 0.5) is 0 Å². The summed E-state index contributed by atoms with van der Waals surface area (Å²) in [6.07, 6.45) is 5.15. The summed E-state index contributed by atoms with van der Waals surface area (Å²) in [5, 5.41) is 3.14. The lowest BCUT2D eigenvalue weighted by atomic mass is 9.75. The van der Waals surface area contributed by atoms with Gasteiger partial charge in [0.05, 0.1) is 0 Å². The highest BCUT2D eigenvalue weighted by molar-refractivity contribution is 5.76. The average molecular weight is 240 g/mol. The summed E-state index contributed by atoms with van der Waals surface area (Å²) in [5.74, 6) is 0.484. The number of rotatable bonds is 4. The predicted octanol–water partition coefficient (Wildman–Crippen LogP) is 2.44. The Morgan fingerprint density at radius 3 is 2.65 bits per heavy atom. The van der Waals surface area contributed by atoms with Gasteiger partial charge in [0.1, 0.15) is 0 Å². The molecule has 2 atom stereocenters. The van der Waals surface area contributed by atoms with Gasteiger partial charge in [-0.25, -0.2) is 0 Å². The molecule has 1 rings (SSSR count). The lowest BCUT2D eigenvalue weighted by Crippen LogP contribution is -2.43. The smallest absolute Gasteiger partial charge is 0.221 e. The minimum Gasteiger partial charge on any atom is -0.353 e. The monoisotopic (exact) mass is 240 g/mol. The maximum atomic E-state index is 11.8. The minimum atomic E-state index is -0.0217. The first-order chi connectivity index (χ1) is 7.80. The molecule has 1 fully saturated rings. The lowest BCUT2D eigenvalue weighted by Gasteiger charge is -2.35. The Morgan fingerprint density at radius 2 is 2.12 bits per heavy atom. The van der Waals surface area contributed by atoms with E-state index in [1.807, 2.05) is 0 Å². The van der Waals surface area contributed by atoms with E-state index in [-0.39, 0.29) is 11.9 Å². The van der Waals surface area contributed by atoms with Crippen molar-refractivity contribution in [3.8, 4) is 0 Å². The van der Waals surface area contributed by atoms with Gasteiger partial charge in [-0.05, 0) is 30.6 Å². The van der Waals surface area contributed by atoms with Crippen molar-refractivity contribution in [3.05, 3.63) is 0 Å². The Bertz CT molecular complexity index is 261. The van der Waals surface area contributed by atoms with E-state index in [1.54, 1.807) is 0 Å². The summed E-state index contributed by atoms with van der Waals surface area (Å²) < 4.78 is 0. The highest BCUT2D eigenvalue weighted by Crippen LogP contribution is 2.35. The molecule has 1 aliphatic rings. The fraction of sp³-hybridized carbons (Fsp3) is 0.929. The van der Waals surface area contributed by atoms with Crippen LogP contribution in [0.1, 0.15) is 59.8 Å². The molecule has 3 heteroatoms. The summed E-state index contributed by atoms with van der Waals surface area (Å²) in [6, 6.07) is 0.331. The zero-order chi connectivity index (χ0) is 13.1. The van der Waals surface area contributed by atoms with E-state index in [1.165, 1.54) is 12.8 Å². The van der Waals surface area contributed by atoms with E-state index in [0.717, 1.165) is 12.8 Å². The Hall–Kier alpha value is -0.570. The Kier molecular flexibility index (Phi) is 4.99. The maximum Gasteiger partial charge on any atom is 0.221 e. The molecule has 2 unspecified atom stereocenters. The van der Waals surface area contributed by atoms with E-state index in [4.69, 9.17) is 5.73 Å². The van der Waals surface area contributed by atoms with Crippen molar-refractivity contribution >= 4 is 5.91 Å². The third-order valence-corrected chi connectivity index (χ3v) is 3.85. The number of hydrogen-bond donors (Lipinski definition) is 2. The van der Waals surface area contributed by atoms with Crippen LogP contribution in [0.25, 0.3) is 0 Å². The molecule has 1 amide bonds. The van der Waals surface area contributed by atoms with Crippen LogP contribution in [0, 0.1) is 11.3 Å². The minimum absolute atomic E-state index is 0.0217. The molecule has 0 aromatic heterocycles. The largest absolute Gasteiger partial charge is 0.353 e. The number of carbonyl (C=O) groups is 1. The topological polar surface area (TPSA) is 55.1 Å². The molecule has 0 aromatic carbocycles. The first-order valence-electron chi connectivity index (χ1n) is 6.85. The van der Waals surface area contributed by atoms with Crippen LogP contribution in [-0.4, -0.2) is 18.0 Å². The molecule has 0 aliphatic heterocycles. The molecule has 3 nitrogen and oxygen atoms in total. The van der Waals surface area contributed by atoms with Crippen molar-refractivity contribution in [1.82, 2.24) is 5.32 Å². The fourth-order valence-corrected chi connectivity index (χ4v) is 2.56. The number of nitrogens with two attached hydrogens (primary N) is 1. The molecule has 0 spiro atoms. The molecule has 0 bridgehead atoms. The average Bonchev–Trinajstić information content (AvgIpc) is 2.15. The number of hydrogen-bond acceptors (Lipinski definition) is 2. The summed E-state index contributed by atoms with van der Waals surface area (Å²) in [4.78, 5) is 11.8. The molecule has 1 aliphatic carbocycles. The molecule has 1 saturated carbocycles. The molecular formula is C14H28N2O. The first-order valence-corrected chi connectivity index (χ1v) is 6.85. The number of amides is 1. The van der Waals surface area contributed by atoms with E-state index in [9.17, 15) is 4.79 Å². The second-order valence-corrected chi connectivity index (χ2v) is 6.64. The molecule has 3 N–H and O–H groups in total. The van der Waals surface area contributed by atoms with Crippen LogP contribution < -0.4 is 11.1 Å². The summed E-state index contributed by atoms with van der Waals surface area (Å²) in [6.45, 7) is 8.68. The van der Waals surface area contributed by atoms with Gasteiger partial charge in [0.25, 0.3) is 0 Å². The van der Waals surface area contributed by atoms with Crippen LogP contribution in [0.2, 0.25) is 0 Å². The summed E-state index contributed by atoms with van der Waals surface area (Å²) in [7, 11) is 0. The van der Waals surface area contributed by atoms with E-state index in [0.29, 0.717) is 23.8 Å². The van der Waals surface area contributed by atoms with Crippen LogP contribution in [0.5, 0.6) is 0 Å². The van der Waals surface area contributed by atoms with Gasteiger partial charge in [-0.3, -0.25) is 4.79 Å². The van der Waals surface area contributed by atoms with Crippen molar-refractivity contribution in [1.29, 1.82) is 0 Å². The van der Waals surface area contributed by atoms with Gasteiger partial charge in [-0.2, -0.15) is 0 Å². The molecule has 0 saturated heterocycles. The predicted molar refractivity (Wildman–Crippen MR) is 71.6 cm³/mol. The standard InChI is InChI=1S/C14H28N2O/c1-10(2)12(15)8-13(17)16-11-6-5-7-14(3,4)9-11/h10-12H,5-9,15H2,1-4H3,(H,16,17).